The number of carbonyl (C=O) groups is 1. The molecule has 0 saturated heterocycles. The second-order valence-electron chi connectivity index (χ2n) is 5.84. The summed E-state index contributed by atoms with van der Waals surface area (Å²) in [5.41, 5.74) is 0.0454. The Bertz CT molecular complexity index is 1010. The maximum absolute atomic E-state index is 13.1. The van der Waals surface area contributed by atoms with Gasteiger partial charge in [0.25, 0.3) is 0 Å². The third kappa shape index (κ3) is 4.59. The van der Waals surface area contributed by atoms with Crippen LogP contribution >= 0.6 is 0 Å². The van der Waals surface area contributed by atoms with E-state index in [4.69, 9.17) is 0 Å². The standard InChI is InChI=1S/C22H15F3N2O/c23-22(24,25)19-14-8-7-13-18(19)15-26-27-20(16-9-3-1-4-10-16)21(28)17-11-5-2-6-12-17/h1-15H/b26-15-,27-20+. The molecule has 0 radical (unpaired) electrons. The monoisotopic (exact) mass is 380 g/mol. The Morgan fingerprint density at radius 2 is 1.29 bits per heavy atom. The molecule has 3 rings (SSSR count). The lowest BCUT2D eigenvalue weighted by Crippen LogP contribution is -2.15. The number of ketones is 1. The summed E-state index contributed by atoms with van der Waals surface area (Å²) in [6, 6.07) is 22.2. The first-order valence-electron chi connectivity index (χ1n) is 8.39. The molecule has 0 aromatic heterocycles. The van der Waals surface area contributed by atoms with Gasteiger partial charge >= 0.3 is 6.18 Å². The van der Waals surface area contributed by atoms with E-state index >= 15 is 0 Å². The Labute approximate surface area is 159 Å². The summed E-state index contributed by atoms with van der Waals surface area (Å²) in [7, 11) is 0. The number of alkyl halides is 3. The molecular formula is C22H15F3N2O. The SMILES string of the molecule is O=C(/C(=N/N=C\c1ccccc1C(F)(F)F)c1ccccc1)c1ccccc1. The van der Waals surface area contributed by atoms with Crippen LogP contribution in [0.5, 0.6) is 0 Å². The molecule has 6 heteroatoms. The number of nitrogens with zero attached hydrogens (tertiary/aromatic N) is 2. The zero-order valence-corrected chi connectivity index (χ0v) is 14.6. The van der Waals surface area contributed by atoms with E-state index in [1.165, 1.54) is 18.2 Å². The maximum Gasteiger partial charge on any atom is 0.417 e. The van der Waals surface area contributed by atoms with Gasteiger partial charge in [-0.05, 0) is 6.07 Å². The number of hydrogen-bond acceptors (Lipinski definition) is 3. The van der Waals surface area contributed by atoms with Crippen molar-refractivity contribution in [3.05, 3.63) is 107 Å². The van der Waals surface area contributed by atoms with Crippen molar-refractivity contribution in [2.75, 3.05) is 0 Å². The topological polar surface area (TPSA) is 41.8 Å². The zero-order valence-electron chi connectivity index (χ0n) is 14.6. The van der Waals surface area contributed by atoms with E-state index in [1.54, 1.807) is 60.7 Å². The number of hydrogen-bond donors (Lipinski definition) is 0. The number of carbonyl (C=O) groups excluding carboxylic acids is 1. The van der Waals surface area contributed by atoms with E-state index in [9.17, 15) is 18.0 Å². The van der Waals surface area contributed by atoms with Gasteiger partial charge in [0.05, 0.1) is 11.8 Å². The molecule has 0 spiro atoms. The molecule has 140 valence electrons. The lowest BCUT2D eigenvalue weighted by Gasteiger charge is -2.09. The number of halogens is 3. The molecule has 3 aromatic rings. The van der Waals surface area contributed by atoms with Crippen LogP contribution in [0.3, 0.4) is 0 Å². The summed E-state index contributed by atoms with van der Waals surface area (Å²) in [6.07, 6.45) is -3.50. The average Bonchev–Trinajstić information content (AvgIpc) is 2.72. The van der Waals surface area contributed by atoms with Crippen molar-refractivity contribution < 1.29 is 18.0 Å². The van der Waals surface area contributed by atoms with Gasteiger partial charge in [-0.15, -0.1) is 5.10 Å². The average molecular weight is 380 g/mol. The molecule has 0 fully saturated rings. The first-order chi connectivity index (χ1) is 13.5. The van der Waals surface area contributed by atoms with Crippen LogP contribution < -0.4 is 0 Å². The van der Waals surface area contributed by atoms with Crippen molar-refractivity contribution in [1.82, 2.24) is 0 Å². The Morgan fingerprint density at radius 3 is 1.89 bits per heavy atom. The molecule has 0 amide bonds. The van der Waals surface area contributed by atoms with Gasteiger partial charge in [-0.3, -0.25) is 4.79 Å². The Hall–Kier alpha value is -3.54. The van der Waals surface area contributed by atoms with Crippen molar-refractivity contribution in [2.45, 2.75) is 6.18 Å². The first-order valence-corrected chi connectivity index (χ1v) is 8.39. The third-order valence-corrected chi connectivity index (χ3v) is 3.92. The quantitative estimate of drug-likeness (QED) is 0.331. The van der Waals surface area contributed by atoms with Crippen LogP contribution in [0.15, 0.2) is 95.1 Å². The lowest BCUT2D eigenvalue weighted by molar-refractivity contribution is -0.137. The molecule has 0 atom stereocenters. The first kappa shape index (κ1) is 19.2. The molecule has 3 aromatic carbocycles. The summed E-state index contributed by atoms with van der Waals surface area (Å²) in [4.78, 5) is 12.8. The van der Waals surface area contributed by atoms with Crippen LogP contribution in [0.2, 0.25) is 0 Å². The molecule has 0 unspecified atom stereocenters. The summed E-state index contributed by atoms with van der Waals surface area (Å²) in [5.74, 6) is -0.368. The van der Waals surface area contributed by atoms with E-state index in [1.807, 2.05) is 0 Å². The van der Waals surface area contributed by atoms with Gasteiger partial charge in [0.2, 0.25) is 5.78 Å². The fraction of sp³-hybridized carbons (Fsp3) is 0.0455. The van der Waals surface area contributed by atoms with Crippen molar-refractivity contribution in [3.63, 3.8) is 0 Å². The van der Waals surface area contributed by atoms with Crippen molar-refractivity contribution in [1.29, 1.82) is 0 Å². The minimum atomic E-state index is -4.51. The minimum absolute atomic E-state index is 0.0486. The fourth-order valence-electron chi connectivity index (χ4n) is 2.57. The van der Waals surface area contributed by atoms with Gasteiger partial charge < -0.3 is 0 Å². The van der Waals surface area contributed by atoms with E-state index in [2.05, 4.69) is 10.2 Å². The normalized spacial score (nSPS) is 12.3. The molecular weight excluding hydrogens is 365 g/mol. The molecule has 3 nitrogen and oxygen atoms in total. The summed E-state index contributed by atoms with van der Waals surface area (Å²) in [5, 5.41) is 7.74. The predicted octanol–water partition coefficient (Wildman–Crippen LogP) is 5.41. The molecule has 0 heterocycles. The van der Waals surface area contributed by atoms with Crippen LogP contribution in [0, 0.1) is 0 Å². The zero-order chi connectivity index (χ0) is 20.0. The highest BCUT2D eigenvalue weighted by Gasteiger charge is 2.32. The highest BCUT2D eigenvalue weighted by Crippen LogP contribution is 2.31. The lowest BCUT2D eigenvalue weighted by atomic mass is 10.0. The number of Topliss-reactive ketones (excluding diaryl/α,β-unsaturated/α-hetero) is 1. The second-order valence-corrected chi connectivity index (χ2v) is 5.84. The molecule has 0 aliphatic carbocycles. The molecule has 0 aliphatic rings. The van der Waals surface area contributed by atoms with Crippen LogP contribution in [0.1, 0.15) is 27.0 Å². The van der Waals surface area contributed by atoms with Gasteiger partial charge in [-0.1, -0.05) is 78.9 Å². The Balaban J connectivity index is 1.99. The van der Waals surface area contributed by atoms with Gasteiger partial charge in [-0.25, -0.2) is 0 Å². The molecule has 0 saturated carbocycles. The molecule has 0 N–H and O–H groups in total. The van der Waals surface area contributed by atoms with E-state index in [0.29, 0.717) is 11.1 Å². The fourth-order valence-corrected chi connectivity index (χ4v) is 2.57. The van der Waals surface area contributed by atoms with Crippen molar-refractivity contribution >= 4 is 17.7 Å². The van der Waals surface area contributed by atoms with Crippen molar-refractivity contribution in [2.24, 2.45) is 10.2 Å². The van der Waals surface area contributed by atoms with E-state index < -0.39 is 11.7 Å². The van der Waals surface area contributed by atoms with Crippen LogP contribution in [-0.2, 0) is 6.18 Å². The third-order valence-electron chi connectivity index (χ3n) is 3.92. The minimum Gasteiger partial charge on any atom is -0.287 e. The maximum atomic E-state index is 13.1. The summed E-state index contributed by atoms with van der Waals surface area (Å²) >= 11 is 0. The Kier molecular flexibility index (Phi) is 5.79. The van der Waals surface area contributed by atoms with Gasteiger partial charge in [-0.2, -0.15) is 18.3 Å². The predicted molar refractivity (Wildman–Crippen MR) is 103 cm³/mol. The van der Waals surface area contributed by atoms with Gasteiger partial charge in [0.1, 0.15) is 5.71 Å². The summed E-state index contributed by atoms with van der Waals surface area (Å²) in [6.45, 7) is 0. The smallest absolute Gasteiger partial charge is 0.287 e. The molecule has 0 bridgehead atoms. The largest absolute Gasteiger partial charge is 0.417 e. The van der Waals surface area contributed by atoms with Crippen LogP contribution in [-0.4, -0.2) is 17.7 Å². The second kappa shape index (κ2) is 8.43. The van der Waals surface area contributed by atoms with E-state index in [-0.39, 0.29) is 17.1 Å². The van der Waals surface area contributed by atoms with E-state index in [0.717, 1.165) is 12.3 Å². The Morgan fingerprint density at radius 1 is 0.750 bits per heavy atom. The highest BCUT2D eigenvalue weighted by atomic mass is 19.4. The summed E-state index contributed by atoms with van der Waals surface area (Å²) < 4.78 is 39.3. The van der Waals surface area contributed by atoms with Crippen LogP contribution in [0.25, 0.3) is 0 Å². The molecule has 0 aliphatic heterocycles. The van der Waals surface area contributed by atoms with Gasteiger partial charge in [0.15, 0.2) is 0 Å². The number of benzene rings is 3. The van der Waals surface area contributed by atoms with Crippen molar-refractivity contribution in [3.8, 4) is 0 Å². The molecule has 28 heavy (non-hydrogen) atoms. The number of rotatable bonds is 5. The van der Waals surface area contributed by atoms with Gasteiger partial charge in [0, 0.05) is 16.7 Å². The highest BCUT2D eigenvalue weighted by molar-refractivity contribution is 6.51. The van der Waals surface area contributed by atoms with Crippen LogP contribution in [0.4, 0.5) is 13.2 Å².